The lowest BCUT2D eigenvalue weighted by Gasteiger charge is -2.20. The Hall–Kier alpha value is -3.27. The van der Waals surface area contributed by atoms with Gasteiger partial charge in [-0.3, -0.25) is 4.98 Å². The predicted octanol–water partition coefficient (Wildman–Crippen LogP) is 4.33. The molecule has 0 aliphatic carbocycles. The molecule has 0 unspecified atom stereocenters. The number of aromatic nitrogens is 3. The lowest BCUT2D eigenvalue weighted by atomic mass is 10.1. The van der Waals surface area contributed by atoms with E-state index in [0.717, 1.165) is 34.7 Å². The summed E-state index contributed by atoms with van der Waals surface area (Å²) in [6, 6.07) is 22.3. The van der Waals surface area contributed by atoms with Crippen LogP contribution in [0.1, 0.15) is 5.56 Å². The van der Waals surface area contributed by atoms with Crippen LogP contribution in [0.25, 0.3) is 22.3 Å². The van der Waals surface area contributed by atoms with Gasteiger partial charge in [0.25, 0.3) is 0 Å². The first-order chi connectivity index (χ1) is 12.3. The molecule has 0 radical (unpaired) electrons. The Morgan fingerprint density at radius 3 is 2.32 bits per heavy atom. The number of hydrogen-bond donors (Lipinski definition) is 0. The van der Waals surface area contributed by atoms with Crippen molar-refractivity contribution in [3.05, 3.63) is 84.7 Å². The summed E-state index contributed by atoms with van der Waals surface area (Å²) in [5.41, 5.74) is 3.17. The van der Waals surface area contributed by atoms with Crippen LogP contribution in [0.5, 0.6) is 0 Å². The van der Waals surface area contributed by atoms with E-state index in [2.05, 4.69) is 23.0 Å². The molecule has 0 bridgehead atoms. The molecule has 0 N–H and O–H groups in total. The van der Waals surface area contributed by atoms with Gasteiger partial charge in [-0.1, -0.05) is 42.5 Å². The lowest BCUT2D eigenvalue weighted by molar-refractivity contribution is 0.899. The molecule has 4 nitrogen and oxygen atoms in total. The first kappa shape index (κ1) is 15.3. The van der Waals surface area contributed by atoms with Gasteiger partial charge < -0.3 is 4.90 Å². The predicted molar refractivity (Wildman–Crippen MR) is 101 cm³/mol. The van der Waals surface area contributed by atoms with Crippen molar-refractivity contribution in [3.8, 4) is 11.4 Å². The SMILES string of the molecule is CN(Cc1ccncc1)c1nc(-c2ccccc2)nc2ccccc12. The van der Waals surface area contributed by atoms with Crippen LogP contribution < -0.4 is 4.90 Å². The second-order valence-corrected chi connectivity index (χ2v) is 5.97. The van der Waals surface area contributed by atoms with Crippen molar-refractivity contribution >= 4 is 16.7 Å². The number of anilines is 1. The highest BCUT2D eigenvalue weighted by Gasteiger charge is 2.13. The fourth-order valence-electron chi connectivity index (χ4n) is 2.90. The van der Waals surface area contributed by atoms with E-state index in [1.807, 2.05) is 73.1 Å². The zero-order valence-corrected chi connectivity index (χ0v) is 14.0. The summed E-state index contributed by atoms with van der Waals surface area (Å²) in [6.07, 6.45) is 3.63. The Morgan fingerprint density at radius 1 is 0.800 bits per heavy atom. The van der Waals surface area contributed by atoms with Crippen molar-refractivity contribution in [1.29, 1.82) is 0 Å². The highest BCUT2D eigenvalue weighted by Crippen LogP contribution is 2.27. The number of nitrogens with zero attached hydrogens (tertiary/aromatic N) is 4. The molecule has 2 heterocycles. The van der Waals surface area contributed by atoms with Crippen LogP contribution in [0.15, 0.2) is 79.1 Å². The fraction of sp³-hybridized carbons (Fsp3) is 0.0952. The number of hydrogen-bond acceptors (Lipinski definition) is 4. The van der Waals surface area contributed by atoms with E-state index in [-0.39, 0.29) is 0 Å². The molecule has 4 aromatic rings. The molecular weight excluding hydrogens is 308 g/mol. The minimum Gasteiger partial charge on any atom is -0.355 e. The van der Waals surface area contributed by atoms with E-state index in [1.54, 1.807) is 0 Å². The lowest BCUT2D eigenvalue weighted by Crippen LogP contribution is -2.18. The van der Waals surface area contributed by atoms with Crippen LogP contribution in [-0.2, 0) is 6.54 Å². The molecule has 2 aromatic heterocycles. The van der Waals surface area contributed by atoms with E-state index in [0.29, 0.717) is 0 Å². The molecular formula is C21H18N4. The number of fused-ring (bicyclic) bond motifs is 1. The molecule has 0 saturated carbocycles. The molecule has 0 aliphatic heterocycles. The fourth-order valence-corrected chi connectivity index (χ4v) is 2.90. The smallest absolute Gasteiger partial charge is 0.162 e. The normalized spacial score (nSPS) is 10.8. The van der Waals surface area contributed by atoms with Crippen molar-refractivity contribution in [2.75, 3.05) is 11.9 Å². The number of para-hydroxylation sites is 1. The summed E-state index contributed by atoms with van der Waals surface area (Å²) in [5.74, 6) is 1.68. The molecule has 0 spiro atoms. The van der Waals surface area contributed by atoms with Crippen molar-refractivity contribution in [2.24, 2.45) is 0 Å². The maximum absolute atomic E-state index is 4.87. The van der Waals surface area contributed by atoms with Gasteiger partial charge in [-0.25, -0.2) is 9.97 Å². The molecule has 0 saturated heterocycles. The minimum absolute atomic E-state index is 0.746. The van der Waals surface area contributed by atoms with Gasteiger partial charge in [-0.2, -0.15) is 0 Å². The van der Waals surface area contributed by atoms with E-state index in [1.165, 1.54) is 5.56 Å². The van der Waals surface area contributed by atoms with Crippen molar-refractivity contribution in [2.45, 2.75) is 6.54 Å². The zero-order valence-electron chi connectivity index (χ0n) is 14.0. The third-order valence-corrected chi connectivity index (χ3v) is 4.15. The molecule has 0 atom stereocenters. The summed E-state index contributed by atoms with van der Waals surface area (Å²) < 4.78 is 0. The molecule has 4 heteroatoms. The molecule has 2 aromatic carbocycles. The van der Waals surface area contributed by atoms with Gasteiger partial charge in [0.2, 0.25) is 0 Å². The summed E-state index contributed by atoms with van der Waals surface area (Å²) in [4.78, 5) is 15.9. The standard InChI is InChI=1S/C21H18N4/c1-25(15-16-11-13-22-14-12-16)21-18-9-5-6-10-19(18)23-20(24-21)17-7-3-2-4-8-17/h2-14H,15H2,1H3. The third kappa shape index (κ3) is 3.19. The maximum Gasteiger partial charge on any atom is 0.162 e. The van der Waals surface area contributed by atoms with Crippen LogP contribution in [0, 0.1) is 0 Å². The second-order valence-electron chi connectivity index (χ2n) is 5.97. The van der Waals surface area contributed by atoms with Crippen molar-refractivity contribution in [1.82, 2.24) is 15.0 Å². The molecule has 0 amide bonds. The summed E-state index contributed by atoms with van der Waals surface area (Å²) >= 11 is 0. The van der Waals surface area contributed by atoms with Crippen LogP contribution >= 0.6 is 0 Å². The van der Waals surface area contributed by atoms with E-state index < -0.39 is 0 Å². The third-order valence-electron chi connectivity index (χ3n) is 4.15. The summed E-state index contributed by atoms with van der Waals surface area (Å²) in [6.45, 7) is 0.762. The second kappa shape index (κ2) is 6.69. The zero-order chi connectivity index (χ0) is 17.1. The van der Waals surface area contributed by atoms with Gasteiger partial charge in [-0.05, 0) is 29.8 Å². The van der Waals surface area contributed by atoms with E-state index in [9.17, 15) is 0 Å². The molecule has 4 rings (SSSR count). The van der Waals surface area contributed by atoms with Gasteiger partial charge in [-0.15, -0.1) is 0 Å². The average Bonchev–Trinajstić information content (AvgIpc) is 2.68. The van der Waals surface area contributed by atoms with Crippen LogP contribution in [0.3, 0.4) is 0 Å². The quantitative estimate of drug-likeness (QED) is 0.560. The van der Waals surface area contributed by atoms with Gasteiger partial charge in [0, 0.05) is 36.9 Å². The number of pyridine rings is 1. The Kier molecular flexibility index (Phi) is 4.09. The Balaban J connectivity index is 1.81. The van der Waals surface area contributed by atoms with E-state index >= 15 is 0 Å². The minimum atomic E-state index is 0.746. The highest BCUT2D eigenvalue weighted by molar-refractivity contribution is 5.90. The van der Waals surface area contributed by atoms with Crippen LogP contribution in [0.2, 0.25) is 0 Å². The number of rotatable bonds is 4. The first-order valence-corrected chi connectivity index (χ1v) is 8.23. The molecule has 122 valence electrons. The maximum atomic E-state index is 4.87. The average molecular weight is 326 g/mol. The van der Waals surface area contributed by atoms with Gasteiger partial charge in [0.15, 0.2) is 5.82 Å². The number of benzene rings is 2. The van der Waals surface area contributed by atoms with Gasteiger partial charge in [0.1, 0.15) is 5.82 Å². The van der Waals surface area contributed by atoms with Crippen molar-refractivity contribution in [3.63, 3.8) is 0 Å². The Morgan fingerprint density at radius 2 is 1.52 bits per heavy atom. The van der Waals surface area contributed by atoms with Gasteiger partial charge >= 0.3 is 0 Å². The Labute approximate surface area is 146 Å². The van der Waals surface area contributed by atoms with Crippen LogP contribution in [0.4, 0.5) is 5.82 Å². The molecule has 0 aliphatic rings. The summed E-state index contributed by atoms with van der Waals surface area (Å²) in [5, 5.41) is 1.05. The molecule has 0 fully saturated rings. The highest BCUT2D eigenvalue weighted by atomic mass is 15.2. The first-order valence-electron chi connectivity index (χ1n) is 8.23. The van der Waals surface area contributed by atoms with Crippen molar-refractivity contribution < 1.29 is 0 Å². The van der Waals surface area contributed by atoms with Crippen LogP contribution in [-0.4, -0.2) is 22.0 Å². The largest absolute Gasteiger partial charge is 0.355 e. The monoisotopic (exact) mass is 326 g/mol. The topological polar surface area (TPSA) is 41.9 Å². The molecule has 25 heavy (non-hydrogen) atoms. The Bertz CT molecular complexity index is 984. The van der Waals surface area contributed by atoms with E-state index in [4.69, 9.17) is 9.97 Å². The summed E-state index contributed by atoms with van der Waals surface area (Å²) in [7, 11) is 2.06. The van der Waals surface area contributed by atoms with Gasteiger partial charge in [0.05, 0.1) is 5.52 Å².